The Labute approximate surface area is 217 Å². The lowest BCUT2D eigenvalue weighted by Gasteiger charge is -2.21. The predicted molar refractivity (Wildman–Crippen MR) is 142 cm³/mol. The first kappa shape index (κ1) is 26.1. The van der Waals surface area contributed by atoms with E-state index in [2.05, 4.69) is 44.8 Å². The van der Waals surface area contributed by atoms with E-state index in [1.807, 2.05) is 42.5 Å². The summed E-state index contributed by atoms with van der Waals surface area (Å²) in [5.74, 6) is 0.908. The minimum Gasteiger partial charge on any atom is -0.489 e. The lowest BCUT2D eigenvalue weighted by atomic mass is 9.85. The largest absolute Gasteiger partial charge is 0.489 e. The maximum absolute atomic E-state index is 13.4. The first-order valence-corrected chi connectivity index (χ1v) is 12.7. The molecule has 0 saturated carbocycles. The quantitative estimate of drug-likeness (QED) is 0.296. The molecule has 0 aliphatic rings. The Morgan fingerprint density at radius 3 is 2.41 bits per heavy atom. The average molecular weight is 502 g/mol. The zero-order valence-corrected chi connectivity index (χ0v) is 22.2. The van der Waals surface area contributed by atoms with Crippen LogP contribution in [0, 0.1) is 5.41 Å². The molecule has 2 heterocycles. The second kappa shape index (κ2) is 11.0. The van der Waals surface area contributed by atoms with Crippen LogP contribution in [-0.2, 0) is 18.6 Å². The molecule has 0 bridgehead atoms. The van der Waals surface area contributed by atoms with Crippen LogP contribution in [0.1, 0.15) is 68.9 Å². The van der Waals surface area contributed by atoms with Gasteiger partial charge < -0.3 is 9.47 Å². The molecule has 0 spiro atoms. The van der Waals surface area contributed by atoms with Crippen LogP contribution in [-0.4, -0.2) is 31.3 Å². The summed E-state index contributed by atoms with van der Waals surface area (Å²) in [6, 6.07) is 19.1. The molecule has 37 heavy (non-hydrogen) atoms. The molecular formula is C29H35N5O3. The highest BCUT2D eigenvalue weighted by molar-refractivity contribution is 5.96. The highest BCUT2D eigenvalue weighted by atomic mass is 16.5. The van der Waals surface area contributed by atoms with Crippen LogP contribution in [0.3, 0.4) is 0 Å². The third-order valence-corrected chi connectivity index (χ3v) is 6.29. The molecule has 4 aromatic rings. The molecule has 0 aliphatic carbocycles. The van der Waals surface area contributed by atoms with E-state index in [-0.39, 0.29) is 29.5 Å². The van der Waals surface area contributed by atoms with Gasteiger partial charge in [0.1, 0.15) is 18.9 Å². The lowest BCUT2D eigenvalue weighted by Crippen LogP contribution is -2.27. The molecular weight excluding hydrogens is 466 g/mol. The molecule has 0 atom stereocenters. The van der Waals surface area contributed by atoms with Crippen LogP contribution in [0.15, 0.2) is 60.7 Å². The number of hydrogen-bond donors (Lipinski definition) is 1. The summed E-state index contributed by atoms with van der Waals surface area (Å²) in [5.41, 5.74) is 2.88. The third kappa shape index (κ3) is 6.25. The zero-order valence-electron chi connectivity index (χ0n) is 22.2. The Hall–Kier alpha value is -3.94. The minimum absolute atomic E-state index is 0.00544. The Kier molecular flexibility index (Phi) is 7.76. The van der Waals surface area contributed by atoms with Gasteiger partial charge in [-0.15, -0.1) is 10.2 Å². The third-order valence-electron chi connectivity index (χ3n) is 6.29. The molecule has 0 unspecified atom stereocenters. The van der Waals surface area contributed by atoms with Crippen molar-refractivity contribution in [2.75, 3.05) is 0 Å². The van der Waals surface area contributed by atoms with Gasteiger partial charge in [0.25, 0.3) is 0 Å². The second-order valence-corrected chi connectivity index (χ2v) is 10.2. The van der Waals surface area contributed by atoms with Crippen molar-refractivity contribution >= 4 is 11.4 Å². The van der Waals surface area contributed by atoms with E-state index in [0.29, 0.717) is 29.4 Å². The number of aromatic nitrogens is 4. The fraction of sp³-hybridized carbons (Fsp3) is 0.379. The van der Waals surface area contributed by atoms with Crippen LogP contribution >= 0.6 is 0 Å². The molecule has 1 N–H and O–H groups in total. The van der Waals surface area contributed by atoms with Gasteiger partial charge in [-0.3, -0.25) is 10.2 Å². The van der Waals surface area contributed by atoms with Crippen LogP contribution in [0.4, 0.5) is 0 Å². The first-order valence-electron chi connectivity index (χ1n) is 12.7. The standard InChI is InChI=1S/C29H35N5O3/c1-6-23(7-2)37-27-14-13-26-31-33(28(30)34(26)32-27)18-25(35)21-15-22(29(3,4)5)17-24(16-21)36-19-20-11-9-8-10-12-20/h8-17,23,30H,6-7,18-19H2,1-5H3. The van der Waals surface area contributed by atoms with Gasteiger partial charge in [-0.05, 0) is 53.6 Å². The number of carbonyl (C=O) groups is 1. The zero-order chi connectivity index (χ0) is 26.6. The number of ether oxygens (including phenoxy) is 2. The molecule has 0 amide bonds. The number of carbonyl (C=O) groups excluding carboxylic acids is 1. The summed E-state index contributed by atoms with van der Waals surface area (Å²) in [6.45, 7) is 10.7. The number of nitrogens with zero attached hydrogens (tertiary/aromatic N) is 4. The Bertz CT molecular complexity index is 1430. The van der Waals surface area contributed by atoms with Gasteiger partial charge in [0.2, 0.25) is 11.5 Å². The number of fused-ring (bicyclic) bond motifs is 1. The van der Waals surface area contributed by atoms with Gasteiger partial charge in [0.05, 0.1) is 6.10 Å². The van der Waals surface area contributed by atoms with Crippen LogP contribution in [0.2, 0.25) is 0 Å². The van der Waals surface area contributed by atoms with E-state index in [9.17, 15) is 4.79 Å². The van der Waals surface area contributed by atoms with Crippen molar-refractivity contribution in [3.63, 3.8) is 0 Å². The Morgan fingerprint density at radius 1 is 1.00 bits per heavy atom. The number of ketones is 1. The van der Waals surface area contributed by atoms with Gasteiger partial charge in [-0.25, -0.2) is 4.68 Å². The fourth-order valence-electron chi connectivity index (χ4n) is 3.96. The van der Waals surface area contributed by atoms with E-state index in [1.165, 1.54) is 9.20 Å². The summed E-state index contributed by atoms with van der Waals surface area (Å²) in [7, 11) is 0. The molecule has 194 valence electrons. The monoisotopic (exact) mass is 501 g/mol. The highest BCUT2D eigenvalue weighted by Crippen LogP contribution is 2.28. The summed E-state index contributed by atoms with van der Waals surface area (Å²) in [5, 5.41) is 17.4. The maximum Gasteiger partial charge on any atom is 0.242 e. The van der Waals surface area contributed by atoms with Crippen LogP contribution < -0.4 is 15.1 Å². The normalized spacial score (nSPS) is 11.7. The molecule has 0 fully saturated rings. The summed E-state index contributed by atoms with van der Waals surface area (Å²) in [4.78, 5) is 13.4. The molecule has 2 aromatic heterocycles. The predicted octanol–water partition coefficient (Wildman–Crippen LogP) is 5.34. The van der Waals surface area contributed by atoms with E-state index >= 15 is 0 Å². The molecule has 4 rings (SSSR count). The molecule has 0 radical (unpaired) electrons. The lowest BCUT2D eigenvalue weighted by molar-refractivity contribution is 0.0965. The maximum atomic E-state index is 13.4. The van der Waals surface area contributed by atoms with E-state index in [1.54, 1.807) is 18.2 Å². The van der Waals surface area contributed by atoms with Crippen molar-refractivity contribution in [3.8, 4) is 11.6 Å². The second-order valence-electron chi connectivity index (χ2n) is 10.2. The van der Waals surface area contributed by atoms with Crippen molar-refractivity contribution in [1.29, 1.82) is 5.41 Å². The Morgan fingerprint density at radius 2 is 1.73 bits per heavy atom. The van der Waals surface area contributed by atoms with Gasteiger partial charge in [-0.2, -0.15) is 4.52 Å². The van der Waals surface area contributed by atoms with Crippen molar-refractivity contribution in [2.45, 2.75) is 72.1 Å². The van der Waals surface area contributed by atoms with Gasteiger partial charge in [0.15, 0.2) is 11.4 Å². The number of Topliss-reactive ketones (excluding diaryl/α,β-unsaturated/α-hetero) is 1. The fourth-order valence-corrected chi connectivity index (χ4v) is 3.96. The van der Waals surface area contributed by atoms with Gasteiger partial charge in [0, 0.05) is 11.6 Å². The van der Waals surface area contributed by atoms with Crippen molar-refractivity contribution in [3.05, 3.63) is 83.0 Å². The van der Waals surface area contributed by atoms with Crippen molar-refractivity contribution in [1.82, 2.24) is 19.4 Å². The highest BCUT2D eigenvalue weighted by Gasteiger charge is 2.20. The number of hydrogen-bond acceptors (Lipinski definition) is 6. The van der Waals surface area contributed by atoms with Crippen molar-refractivity contribution in [2.24, 2.45) is 0 Å². The molecule has 2 aromatic carbocycles. The number of rotatable bonds is 10. The minimum atomic E-state index is -0.173. The summed E-state index contributed by atoms with van der Waals surface area (Å²) >= 11 is 0. The van der Waals surface area contributed by atoms with E-state index in [0.717, 1.165) is 24.0 Å². The molecule has 0 saturated heterocycles. The van der Waals surface area contributed by atoms with Crippen LogP contribution in [0.5, 0.6) is 11.6 Å². The van der Waals surface area contributed by atoms with Gasteiger partial charge >= 0.3 is 0 Å². The summed E-state index contributed by atoms with van der Waals surface area (Å²) in [6.07, 6.45) is 1.80. The van der Waals surface area contributed by atoms with E-state index in [4.69, 9.17) is 14.9 Å². The topological polar surface area (TPSA) is 94.5 Å². The summed E-state index contributed by atoms with van der Waals surface area (Å²) < 4.78 is 14.7. The average Bonchev–Trinajstić information content (AvgIpc) is 3.20. The Balaban J connectivity index is 1.59. The smallest absolute Gasteiger partial charge is 0.242 e. The van der Waals surface area contributed by atoms with Crippen molar-refractivity contribution < 1.29 is 14.3 Å². The number of nitrogens with one attached hydrogen (secondary N) is 1. The molecule has 8 nitrogen and oxygen atoms in total. The van der Waals surface area contributed by atoms with Gasteiger partial charge in [-0.1, -0.05) is 65.0 Å². The first-order chi connectivity index (χ1) is 17.7. The molecule has 0 aliphatic heterocycles. The number of benzene rings is 2. The van der Waals surface area contributed by atoms with Crippen LogP contribution in [0.25, 0.3) is 5.65 Å². The SMILES string of the molecule is CCC(CC)Oc1ccc2nn(CC(=O)c3cc(OCc4ccccc4)cc(C(C)(C)C)c3)c(=N)n2n1. The molecule has 8 heteroatoms. The van der Waals surface area contributed by atoms with E-state index < -0.39 is 0 Å².